The van der Waals surface area contributed by atoms with Crippen LogP contribution in [0.15, 0.2) is 18.2 Å². The van der Waals surface area contributed by atoms with Crippen molar-refractivity contribution in [2.45, 2.75) is 13.8 Å². The number of rotatable bonds is 2. The zero-order valence-electron chi connectivity index (χ0n) is 10.7. The molecule has 1 heterocycles. The summed E-state index contributed by atoms with van der Waals surface area (Å²) in [7, 11) is 1.63. The molecule has 0 saturated carbocycles. The Morgan fingerprint density at radius 1 is 1.22 bits per heavy atom. The van der Waals surface area contributed by atoms with Crippen molar-refractivity contribution in [1.82, 2.24) is 4.98 Å². The normalized spacial score (nSPS) is 10.1. The van der Waals surface area contributed by atoms with Crippen molar-refractivity contribution in [3.05, 3.63) is 34.9 Å². The maximum atomic E-state index is 8.92. The van der Waals surface area contributed by atoms with Crippen molar-refractivity contribution in [3.63, 3.8) is 0 Å². The van der Waals surface area contributed by atoms with E-state index in [1.165, 1.54) is 0 Å². The summed E-state index contributed by atoms with van der Waals surface area (Å²) in [5, 5.41) is 8.92. The fraction of sp³-hybridized carbons (Fsp3) is 0.214. The van der Waals surface area contributed by atoms with Crippen molar-refractivity contribution in [2.24, 2.45) is 0 Å². The van der Waals surface area contributed by atoms with Crippen LogP contribution in [0.4, 0.5) is 5.82 Å². The number of methoxy groups -OCH3 is 1. The first-order chi connectivity index (χ1) is 8.56. The minimum Gasteiger partial charge on any atom is -0.496 e. The topological polar surface area (TPSA) is 74.8 Å². The second kappa shape index (κ2) is 4.46. The number of hydrogen-bond donors (Lipinski definition) is 2. The summed E-state index contributed by atoms with van der Waals surface area (Å²) < 4.78 is 5.37. The van der Waals surface area contributed by atoms with Crippen molar-refractivity contribution in [3.8, 4) is 23.1 Å². The molecule has 4 nitrogen and oxygen atoms in total. The number of aryl methyl sites for hydroxylation is 2. The van der Waals surface area contributed by atoms with Crippen molar-refractivity contribution in [1.29, 1.82) is 5.26 Å². The minimum absolute atomic E-state index is 0.382. The SMILES string of the molecule is COc1cc(C)c(C)cc1-c1cc(C#N)c(N)[nH]1. The molecular formula is C14H15N3O. The van der Waals surface area contributed by atoms with Crippen LogP contribution in [0.25, 0.3) is 11.3 Å². The van der Waals surface area contributed by atoms with Gasteiger partial charge in [-0.25, -0.2) is 0 Å². The molecule has 0 atom stereocenters. The molecule has 92 valence electrons. The van der Waals surface area contributed by atoms with E-state index in [0.717, 1.165) is 28.1 Å². The highest BCUT2D eigenvalue weighted by molar-refractivity contribution is 5.73. The van der Waals surface area contributed by atoms with E-state index >= 15 is 0 Å². The standard InChI is InChI=1S/C14H15N3O/c1-8-4-11(13(18-3)5-9(8)2)12-6-10(7-15)14(16)17-12/h4-6,17H,16H2,1-3H3. The lowest BCUT2D eigenvalue weighted by atomic mass is 10.0. The average molecular weight is 241 g/mol. The molecule has 1 aromatic carbocycles. The van der Waals surface area contributed by atoms with Gasteiger partial charge in [-0.05, 0) is 43.2 Å². The molecule has 2 rings (SSSR count). The number of aromatic nitrogens is 1. The number of anilines is 1. The Kier molecular flexibility index (Phi) is 2.99. The molecule has 2 aromatic rings. The Balaban J connectivity index is 2.63. The number of nitriles is 1. The van der Waals surface area contributed by atoms with Crippen LogP contribution in [0.3, 0.4) is 0 Å². The van der Waals surface area contributed by atoms with Crippen molar-refractivity contribution < 1.29 is 4.74 Å². The predicted molar refractivity (Wildman–Crippen MR) is 71.4 cm³/mol. The number of aromatic amines is 1. The second-order valence-electron chi connectivity index (χ2n) is 4.26. The smallest absolute Gasteiger partial charge is 0.128 e. The monoisotopic (exact) mass is 241 g/mol. The number of ether oxygens (including phenoxy) is 1. The number of nitrogens with one attached hydrogen (secondary N) is 1. The van der Waals surface area contributed by atoms with Gasteiger partial charge in [-0.1, -0.05) is 0 Å². The minimum atomic E-state index is 0.382. The molecule has 0 fully saturated rings. The maximum Gasteiger partial charge on any atom is 0.128 e. The first kappa shape index (κ1) is 12.1. The molecule has 0 aliphatic heterocycles. The highest BCUT2D eigenvalue weighted by atomic mass is 16.5. The van der Waals surface area contributed by atoms with Gasteiger partial charge in [-0.3, -0.25) is 0 Å². The van der Waals surface area contributed by atoms with Crippen LogP contribution in [0, 0.1) is 25.2 Å². The first-order valence-electron chi connectivity index (χ1n) is 5.61. The highest BCUT2D eigenvalue weighted by Crippen LogP contribution is 2.33. The number of nitrogen functional groups attached to an aromatic ring is 1. The van der Waals surface area contributed by atoms with E-state index in [0.29, 0.717) is 11.4 Å². The zero-order chi connectivity index (χ0) is 13.3. The average Bonchev–Trinajstić information content (AvgIpc) is 2.73. The third-order valence-corrected chi connectivity index (χ3v) is 3.07. The molecule has 0 radical (unpaired) electrons. The van der Waals surface area contributed by atoms with Crippen LogP contribution >= 0.6 is 0 Å². The molecule has 3 N–H and O–H groups in total. The third kappa shape index (κ3) is 1.91. The fourth-order valence-corrected chi connectivity index (χ4v) is 1.88. The van der Waals surface area contributed by atoms with E-state index in [4.69, 9.17) is 15.7 Å². The number of H-pyrrole nitrogens is 1. The van der Waals surface area contributed by atoms with E-state index < -0.39 is 0 Å². The van der Waals surface area contributed by atoms with Crippen molar-refractivity contribution in [2.75, 3.05) is 12.8 Å². The third-order valence-electron chi connectivity index (χ3n) is 3.07. The van der Waals surface area contributed by atoms with Gasteiger partial charge in [-0.2, -0.15) is 5.26 Å². The summed E-state index contributed by atoms with van der Waals surface area (Å²) in [5.74, 6) is 1.15. The molecule has 0 amide bonds. The van der Waals surface area contributed by atoms with E-state index in [1.807, 2.05) is 26.0 Å². The molecule has 0 saturated heterocycles. The summed E-state index contributed by atoms with van der Waals surface area (Å²) in [6.07, 6.45) is 0. The molecular weight excluding hydrogens is 226 g/mol. The van der Waals surface area contributed by atoms with Gasteiger partial charge < -0.3 is 15.5 Å². The lowest BCUT2D eigenvalue weighted by Crippen LogP contribution is -1.92. The summed E-state index contributed by atoms with van der Waals surface area (Å²) in [6, 6.07) is 7.80. The van der Waals surface area contributed by atoms with Crippen LogP contribution < -0.4 is 10.5 Å². The first-order valence-corrected chi connectivity index (χ1v) is 5.61. The number of benzene rings is 1. The highest BCUT2D eigenvalue weighted by Gasteiger charge is 2.12. The van der Waals surface area contributed by atoms with E-state index in [9.17, 15) is 0 Å². The Morgan fingerprint density at radius 3 is 2.44 bits per heavy atom. The zero-order valence-corrected chi connectivity index (χ0v) is 10.7. The molecule has 4 heteroatoms. The summed E-state index contributed by atoms with van der Waals surface area (Å²) in [4.78, 5) is 3.01. The molecule has 18 heavy (non-hydrogen) atoms. The van der Waals surface area contributed by atoms with Crippen LogP contribution in [-0.2, 0) is 0 Å². The molecule has 0 bridgehead atoms. The number of nitrogens with zero attached hydrogens (tertiary/aromatic N) is 1. The lowest BCUT2D eigenvalue weighted by Gasteiger charge is -2.10. The second-order valence-corrected chi connectivity index (χ2v) is 4.26. The van der Waals surface area contributed by atoms with Crippen LogP contribution in [0.2, 0.25) is 0 Å². The maximum absolute atomic E-state index is 8.92. The van der Waals surface area contributed by atoms with Gasteiger partial charge in [0.05, 0.1) is 18.4 Å². The Bertz CT molecular complexity index is 635. The van der Waals surface area contributed by atoms with Crippen LogP contribution in [0.1, 0.15) is 16.7 Å². The number of nitrogens with two attached hydrogens (primary N) is 1. The summed E-state index contributed by atoms with van der Waals surface area (Å²) in [5.41, 5.74) is 10.2. The largest absolute Gasteiger partial charge is 0.496 e. The lowest BCUT2D eigenvalue weighted by molar-refractivity contribution is 0.416. The van der Waals surface area contributed by atoms with E-state index in [-0.39, 0.29) is 0 Å². The molecule has 0 aliphatic rings. The van der Waals surface area contributed by atoms with Gasteiger partial charge >= 0.3 is 0 Å². The van der Waals surface area contributed by atoms with Gasteiger partial charge in [0.1, 0.15) is 17.6 Å². The predicted octanol–water partition coefficient (Wildman–Crippen LogP) is 2.76. The summed E-state index contributed by atoms with van der Waals surface area (Å²) >= 11 is 0. The molecule has 1 aromatic heterocycles. The Hall–Kier alpha value is -2.41. The summed E-state index contributed by atoms with van der Waals surface area (Å²) in [6.45, 7) is 4.07. The van der Waals surface area contributed by atoms with E-state index in [2.05, 4.69) is 11.1 Å². The van der Waals surface area contributed by atoms with Crippen LogP contribution in [-0.4, -0.2) is 12.1 Å². The number of hydrogen-bond acceptors (Lipinski definition) is 3. The molecule has 0 unspecified atom stereocenters. The van der Waals surface area contributed by atoms with Gasteiger partial charge in [0.15, 0.2) is 0 Å². The fourth-order valence-electron chi connectivity index (χ4n) is 1.88. The van der Waals surface area contributed by atoms with Gasteiger partial charge in [-0.15, -0.1) is 0 Å². The molecule has 0 spiro atoms. The van der Waals surface area contributed by atoms with E-state index in [1.54, 1.807) is 13.2 Å². The van der Waals surface area contributed by atoms with Crippen molar-refractivity contribution >= 4 is 5.82 Å². The molecule has 0 aliphatic carbocycles. The quantitative estimate of drug-likeness (QED) is 0.848. The Morgan fingerprint density at radius 2 is 1.89 bits per heavy atom. The van der Waals surface area contributed by atoms with Crippen LogP contribution in [0.5, 0.6) is 5.75 Å². The van der Waals surface area contributed by atoms with Gasteiger partial charge in [0, 0.05) is 5.56 Å². The van der Waals surface area contributed by atoms with Gasteiger partial charge in [0.2, 0.25) is 0 Å². The Labute approximate surface area is 106 Å². The van der Waals surface area contributed by atoms with Gasteiger partial charge in [0.25, 0.3) is 0 Å².